The molecule has 6 heteroatoms. The number of aryl methyl sites for hydroxylation is 1. The summed E-state index contributed by atoms with van der Waals surface area (Å²) in [6.45, 7) is 0. The van der Waals surface area contributed by atoms with Gasteiger partial charge in [0.25, 0.3) is 5.56 Å². The SMILES string of the molecule is COc1cccc([C@H]2C3=C(N=c4s/c(=C\c5cccc(I)c5)c(=O)n42)c2ccccc2CC3)c1. The van der Waals surface area contributed by atoms with E-state index in [-0.39, 0.29) is 11.6 Å². The van der Waals surface area contributed by atoms with E-state index in [1.807, 2.05) is 47.0 Å². The van der Waals surface area contributed by atoms with E-state index in [1.165, 1.54) is 28.0 Å². The molecule has 4 aromatic rings. The van der Waals surface area contributed by atoms with E-state index < -0.39 is 0 Å². The fourth-order valence-electron chi connectivity index (χ4n) is 4.88. The number of fused-ring (bicyclic) bond motifs is 3. The van der Waals surface area contributed by atoms with Crippen molar-refractivity contribution in [2.45, 2.75) is 18.9 Å². The molecule has 0 N–H and O–H groups in total. The lowest BCUT2D eigenvalue weighted by Gasteiger charge is -2.31. The van der Waals surface area contributed by atoms with E-state index in [0.717, 1.165) is 43.8 Å². The topological polar surface area (TPSA) is 43.6 Å². The van der Waals surface area contributed by atoms with Crippen LogP contribution in [0.2, 0.25) is 0 Å². The molecule has 0 unspecified atom stereocenters. The van der Waals surface area contributed by atoms with Crippen molar-refractivity contribution in [1.29, 1.82) is 0 Å². The molecule has 6 rings (SSSR count). The minimum atomic E-state index is -0.201. The molecular formula is C28H21IN2O2S. The van der Waals surface area contributed by atoms with E-state index >= 15 is 0 Å². The molecular weight excluding hydrogens is 555 g/mol. The quantitative estimate of drug-likeness (QED) is 0.325. The second-order valence-electron chi connectivity index (χ2n) is 8.45. The fourth-order valence-corrected chi connectivity index (χ4v) is 6.45. The van der Waals surface area contributed by atoms with Crippen LogP contribution in [0, 0.1) is 3.57 Å². The van der Waals surface area contributed by atoms with E-state index in [0.29, 0.717) is 4.53 Å². The number of aromatic nitrogens is 1. The van der Waals surface area contributed by atoms with Crippen molar-refractivity contribution in [3.8, 4) is 5.75 Å². The van der Waals surface area contributed by atoms with Gasteiger partial charge < -0.3 is 4.74 Å². The highest BCUT2D eigenvalue weighted by atomic mass is 127. The molecule has 0 saturated carbocycles. The Balaban J connectivity index is 1.63. The molecule has 0 fully saturated rings. The zero-order valence-corrected chi connectivity index (χ0v) is 21.5. The number of nitrogens with zero attached hydrogens (tertiary/aromatic N) is 2. The van der Waals surface area contributed by atoms with Gasteiger partial charge in [-0.2, -0.15) is 0 Å². The molecule has 0 saturated heterocycles. The maximum atomic E-state index is 13.8. The molecule has 3 aromatic carbocycles. The minimum absolute atomic E-state index is 0.000778. The summed E-state index contributed by atoms with van der Waals surface area (Å²) in [7, 11) is 1.67. The van der Waals surface area contributed by atoms with Gasteiger partial charge in [0.1, 0.15) is 5.75 Å². The van der Waals surface area contributed by atoms with Gasteiger partial charge in [0.05, 0.1) is 23.4 Å². The molecule has 2 aliphatic rings. The lowest BCUT2D eigenvalue weighted by molar-refractivity contribution is 0.413. The van der Waals surface area contributed by atoms with E-state index in [4.69, 9.17) is 9.73 Å². The molecule has 1 aliphatic carbocycles. The maximum Gasteiger partial charge on any atom is 0.271 e. The van der Waals surface area contributed by atoms with Gasteiger partial charge in [0, 0.05) is 9.13 Å². The number of ether oxygens (including phenoxy) is 1. The number of allylic oxidation sites excluding steroid dienone is 1. The number of hydrogen-bond donors (Lipinski definition) is 0. The molecule has 1 aliphatic heterocycles. The van der Waals surface area contributed by atoms with Gasteiger partial charge in [0.2, 0.25) is 0 Å². The third kappa shape index (κ3) is 3.65. The zero-order valence-electron chi connectivity index (χ0n) is 18.5. The first-order chi connectivity index (χ1) is 16.6. The Hall–Kier alpha value is -2.97. The summed E-state index contributed by atoms with van der Waals surface area (Å²) in [5.41, 5.74) is 6.75. The zero-order chi connectivity index (χ0) is 23.2. The summed E-state index contributed by atoms with van der Waals surface area (Å²) >= 11 is 3.76. The summed E-state index contributed by atoms with van der Waals surface area (Å²) in [5, 5.41) is 0. The predicted molar refractivity (Wildman–Crippen MR) is 145 cm³/mol. The van der Waals surface area contributed by atoms with Crippen molar-refractivity contribution in [2.75, 3.05) is 7.11 Å². The Labute approximate surface area is 214 Å². The van der Waals surface area contributed by atoms with Crippen LogP contribution < -0.4 is 19.6 Å². The van der Waals surface area contributed by atoms with Crippen molar-refractivity contribution in [3.63, 3.8) is 0 Å². The molecule has 168 valence electrons. The van der Waals surface area contributed by atoms with Crippen LogP contribution in [0.15, 0.2) is 88.2 Å². The van der Waals surface area contributed by atoms with Crippen LogP contribution in [0.4, 0.5) is 0 Å². The Morgan fingerprint density at radius 1 is 1.06 bits per heavy atom. The first kappa shape index (κ1) is 21.6. The minimum Gasteiger partial charge on any atom is -0.497 e. The molecule has 0 spiro atoms. The second-order valence-corrected chi connectivity index (χ2v) is 10.7. The fraction of sp³-hybridized carbons (Fsp3) is 0.143. The van der Waals surface area contributed by atoms with Crippen LogP contribution in [0.1, 0.15) is 34.7 Å². The smallest absolute Gasteiger partial charge is 0.271 e. The van der Waals surface area contributed by atoms with Crippen molar-refractivity contribution >= 4 is 45.7 Å². The first-order valence-corrected chi connectivity index (χ1v) is 13.0. The average molecular weight is 576 g/mol. The van der Waals surface area contributed by atoms with Crippen LogP contribution in [0.25, 0.3) is 11.8 Å². The number of methoxy groups -OCH3 is 1. The second kappa shape index (κ2) is 8.67. The number of halogens is 1. The van der Waals surface area contributed by atoms with Crippen molar-refractivity contribution in [3.05, 3.63) is 124 Å². The highest BCUT2D eigenvalue weighted by Gasteiger charge is 2.32. The Morgan fingerprint density at radius 2 is 1.91 bits per heavy atom. The van der Waals surface area contributed by atoms with Crippen LogP contribution in [-0.4, -0.2) is 11.7 Å². The number of rotatable bonds is 3. The molecule has 0 bridgehead atoms. The number of benzene rings is 3. The van der Waals surface area contributed by atoms with Gasteiger partial charge in [-0.05, 0) is 88.0 Å². The van der Waals surface area contributed by atoms with Gasteiger partial charge in [-0.25, -0.2) is 4.99 Å². The Morgan fingerprint density at radius 3 is 2.76 bits per heavy atom. The molecule has 4 nitrogen and oxygen atoms in total. The van der Waals surface area contributed by atoms with E-state index in [1.54, 1.807) is 7.11 Å². The normalized spacial score (nSPS) is 17.0. The lowest BCUT2D eigenvalue weighted by Crippen LogP contribution is -2.38. The van der Waals surface area contributed by atoms with E-state index in [2.05, 4.69) is 59.0 Å². The van der Waals surface area contributed by atoms with E-state index in [9.17, 15) is 4.79 Å². The van der Waals surface area contributed by atoms with Crippen LogP contribution in [-0.2, 0) is 6.42 Å². The maximum absolute atomic E-state index is 13.8. The Kier molecular flexibility index (Phi) is 5.50. The summed E-state index contributed by atoms with van der Waals surface area (Å²) in [6, 6.07) is 24.5. The molecule has 0 amide bonds. The molecule has 2 heterocycles. The standard InChI is InChI=1S/C28H21IN2O2S/c1-33-21-10-5-8-19(16-21)26-23-13-12-18-7-2-3-11-22(18)25(23)30-28-31(26)27(32)24(34-28)15-17-6-4-9-20(29)14-17/h2-11,14-16,26H,12-13H2,1H3/b24-15-/t26-/m0/s1. The Bertz CT molecular complexity index is 1650. The highest BCUT2D eigenvalue weighted by molar-refractivity contribution is 14.1. The summed E-state index contributed by atoms with van der Waals surface area (Å²) in [4.78, 5) is 19.6. The van der Waals surface area contributed by atoms with Gasteiger partial charge in [0.15, 0.2) is 4.80 Å². The van der Waals surface area contributed by atoms with Gasteiger partial charge >= 0.3 is 0 Å². The van der Waals surface area contributed by atoms with Gasteiger partial charge in [-0.15, -0.1) is 0 Å². The van der Waals surface area contributed by atoms with Crippen LogP contribution >= 0.6 is 33.9 Å². The summed E-state index contributed by atoms with van der Waals surface area (Å²) < 4.78 is 9.24. The summed E-state index contributed by atoms with van der Waals surface area (Å²) in [5.74, 6) is 0.786. The summed E-state index contributed by atoms with van der Waals surface area (Å²) in [6.07, 6.45) is 3.79. The molecule has 1 atom stereocenters. The van der Waals surface area contributed by atoms with Gasteiger partial charge in [-0.3, -0.25) is 9.36 Å². The third-order valence-electron chi connectivity index (χ3n) is 6.43. The highest BCUT2D eigenvalue weighted by Crippen LogP contribution is 2.41. The van der Waals surface area contributed by atoms with Crippen molar-refractivity contribution < 1.29 is 4.74 Å². The average Bonchev–Trinajstić information content (AvgIpc) is 3.17. The van der Waals surface area contributed by atoms with Gasteiger partial charge in [-0.1, -0.05) is 59.9 Å². The molecule has 0 radical (unpaired) electrons. The molecule has 34 heavy (non-hydrogen) atoms. The molecule has 1 aromatic heterocycles. The predicted octanol–water partition coefficient (Wildman–Crippen LogP) is 4.93. The monoisotopic (exact) mass is 576 g/mol. The largest absolute Gasteiger partial charge is 0.497 e. The number of thiazole rings is 1. The van der Waals surface area contributed by atoms with Crippen molar-refractivity contribution in [1.82, 2.24) is 4.57 Å². The van der Waals surface area contributed by atoms with Crippen LogP contribution in [0.3, 0.4) is 0 Å². The third-order valence-corrected chi connectivity index (χ3v) is 8.08. The van der Waals surface area contributed by atoms with Crippen LogP contribution in [0.5, 0.6) is 5.75 Å². The number of hydrogen-bond acceptors (Lipinski definition) is 4. The lowest BCUT2D eigenvalue weighted by atomic mass is 9.83. The first-order valence-electron chi connectivity index (χ1n) is 11.1. The van der Waals surface area contributed by atoms with Crippen molar-refractivity contribution in [2.24, 2.45) is 4.99 Å².